The molecule has 0 atom stereocenters. The summed E-state index contributed by atoms with van der Waals surface area (Å²) >= 11 is 3.22. The molecule has 0 saturated heterocycles. The van der Waals surface area contributed by atoms with Crippen LogP contribution in [0.1, 0.15) is 5.56 Å². The van der Waals surface area contributed by atoms with Gasteiger partial charge >= 0.3 is 0 Å². The van der Waals surface area contributed by atoms with Crippen LogP contribution in [0.25, 0.3) is 0 Å². The Hall–Kier alpha value is -1.29. The molecule has 0 bridgehead atoms. The van der Waals surface area contributed by atoms with E-state index in [1.807, 2.05) is 36.1 Å². The highest BCUT2D eigenvalue weighted by molar-refractivity contribution is 9.10. The fourth-order valence-corrected chi connectivity index (χ4v) is 1.83. The second-order valence-electron chi connectivity index (χ2n) is 3.66. The molecule has 0 spiro atoms. The highest BCUT2D eigenvalue weighted by atomic mass is 79.9. The van der Waals surface area contributed by atoms with Gasteiger partial charge in [0, 0.05) is 30.5 Å². The maximum Gasteiger partial charge on any atom is 0.147 e. The fourth-order valence-electron chi connectivity index (χ4n) is 1.50. The molecule has 1 aromatic carbocycles. The van der Waals surface area contributed by atoms with Gasteiger partial charge in [-0.25, -0.2) is 4.39 Å². The monoisotopic (exact) mass is 282 g/mol. The van der Waals surface area contributed by atoms with Crippen LogP contribution in [-0.4, -0.2) is 4.57 Å². The van der Waals surface area contributed by atoms with Crippen LogP contribution in [0.3, 0.4) is 0 Å². The minimum atomic E-state index is -0.245. The smallest absolute Gasteiger partial charge is 0.147 e. The summed E-state index contributed by atoms with van der Waals surface area (Å²) in [7, 11) is 1.96. The number of hydrogen-bond acceptors (Lipinski definition) is 1. The predicted octanol–water partition coefficient (Wildman–Crippen LogP) is 3.54. The maximum atomic E-state index is 13.5. The second kappa shape index (κ2) is 4.70. The number of nitrogens with zero attached hydrogens (tertiary/aromatic N) is 1. The minimum Gasteiger partial charge on any atom is -0.379 e. The lowest BCUT2D eigenvalue weighted by Crippen LogP contribution is -2.00. The van der Waals surface area contributed by atoms with Crippen LogP contribution >= 0.6 is 15.9 Å². The van der Waals surface area contributed by atoms with Crippen molar-refractivity contribution < 1.29 is 4.39 Å². The summed E-state index contributed by atoms with van der Waals surface area (Å²) in [6.07, 6.45) is 3.97. The molecule has 1 N–H and O–H groups in total. The van der Waals surface area contributed by atoms with Crippen LogP contribution in [0.15, 0.2) is 41.1 Å². The Bertz CT molecular complexity index is 494. The van der Waals surface area contributed by atoms with Crippen molar-refractivity contribution in [2.45, 2.75) is 6.54 Å². The molecule has 0 unspecified atom stereocenters. The number of hydrogen-bond donors (Lipinski definition) is 1. The summed E-state index contributed by atoms with van der Waals surface area (Å²) in [4.78, 5) is 0. The molecule has 1 heterocycles. The van der Waals surface area contributed by atoms with E-state index in [1.54, 1.807) is 6.07 Å². The summed E-state index contributed by atoms with van der Waals surface area (Å²) in [6, 6.07) is 7.00. The van der Waals surface area contributed by atoms with E-state index in [0.717, 1.165) is 10.0 Å². The molecule has 0 amide bonds. The molecule has 0 aliphatic rings. The van der Waals surface area contributed by atoms with Gasteiger partial charge in [-0.3, -0.25) is 0 Å². The predicted molar refractivity (Wildman–Crippen MR) is 66.8 cm³/mol. The SMILES string of the molecule is Cn1ccc(CNc2ccc(Br)cc2F)c1. The highest BCUT2D eigenvalue weighted by Gasteiger charge is 2.02. The molecular weight excluding hydrogens is 271 g/mol. The van der Waals surface area contributed by atoms with Gasteiger partial charge in [-0.2, -0.15) is 0 Å². The van der Waals surface area contributed by atoms with Crippen molar-refractivity contribution in [3.63, 3.8) is 0 Å². The Morgan fingerprint density at radius 2 is 2.19 bits per heavy atom. The molecule has 16 heavy (non-hydrogen) atoms. The van der Waals surface area contributed by atoms with Crippen LogP contribution in [0, 0.1) is 5.82 Å². The van der Waals surface area contributed by atoms with E-state index >= 15 is 0 Å². The van der Waals surface area contributed by atoms with Crippen molar-refractivity contribution in [3.8, 4) is 0 Å². The Labute approximate surface area is 102 Å². The standard InChI is InChI=1S/C12H12BrFN2/c1-16-5-4-9(8-16)7-15-12-3-2-10(13)6-11(12)14/h2-6,8,15H,7H2,1H3. The third kappa shape index (κ3) is 2.64. The summed E-state index contributed by atoms with van der Waals surface area (Å²) in [5, 5.41) is 3.06. The third-order valence-corrected chi connectivity index (χ3v) is 2.80. The molecule has 84 valence electrons. The van der Waals surface area contributed by atoms with Gasteiger partial charge in [-0.05, 0) is 29.8 Å². The largest absolute Gasteiger partial charge is 0.379 e. The number of nitrogens with one attached hydrogen (secondary N) is 1. The first kappa shape index (κ1) is 11.2. The van der Waals surface area contributed by atoms with Crippen molar-refractivity contribution in [2.75, 3.05) is 5.32 Å². The van der Waals surface area contributed by atoms with E-state index in [-0.39, 0.29) is 5.82 Å². The lowest BCUT2D eigenvalue weighted by molar-refractivity contribution is 0.629. The van der Waals surface area contributed by atoms with Crippen LogP contribution in [0.5, 0.6) is 0 Å². The maximum absolute atomic E-state index is 13.5. The minimum absolute atomic E-state index is 0.245. The van der Waals surface area contributed by atoms with Crippen molar-refractivity contribution in [1.29, 1.82) is 0 Å². The molecule has 0 fully saturated rings. The van der Waals surface area contributed by atoms with E-state index in [4.69, 9.17) is 0 Å². The summed E-state index contributed by atoms with van der Waals surface area (Å²) in [5.41, 5.74) is 1.65. The number of aryl methyl sites for hydroxylation is 1. The van der Waals surface area contributed by atoms with Crippen molar-refractivity contribution in [3.05, 3.63) is 52.5 Å². The molecule has 2 nitrogen and oxygen atoms in total. The Kier molecular flexibility index (Phi) is 3.29. The van der Waals surface area contributed by atoms with Gasteiger partial charge in [0.2, 0.25) is 0 Å². The van der Waals surface area contributed by atoms with Gasteiger partial charge < -0.3 is 9.88 Å². The van der Waals surface area contributed by atoms with Gasteiger partial charge in [-0.15, -0.1) is 0 Å². The number of aromatic nitrogens is 1. The second-order valence-corrected chi connectivity index (χ2v) is 4.58. The van der Waals surface area contributed by atoms with Gasteiger partial charge in [-0.1, -0.05) is 15.9 Å². The molecule has 2 aromatic rings. The van der Waals surface area contributed by atoms with Crippen molar-refractivity contribution in [1.82, 2.24) is 4.57 Å². The fraction of sp³-hybridized carbons (Fsp3) is 0.167. The van der Waals surface area contributed by atoms with Gasteiger partial charge in [0.25, 0.3) is 0 Å². The molecule has 1 aromatic heterocycles. The lowest BCUT2D eigenvalue weighted by Gasteiger charge is -2.06. The van der Waals surface area contributed by atoms with E-state index in [0.29, 0.717) is 12.2 Å². The molecule has 0 radical (unpaired) electrons. The zero-order valence-corrected chi connectivity index (χ0v) is 10.5. The van der Waals surface area contributed by atoms with Crippen LogP contribution in [0.4, 0.5) is 10.1 Å². The molecule has 2 rings (SSSR count). The van der Waals surface area contributed by atoms with E-state index in [1.165, 1.54) is 6.07 Å². The summed E-state index contributed by atoms with van der Waals surface area (Å²) < 4.78 is 16.2. The normalized spacial score (nSPS) is 10.4. The Morgan fingerprint density at radius 1 is 1.38 bits per heavy atom. The average molecular weight is 283 g/mol. The first-order valence-corrected chi connectivity index (χ1v) is 5.74. The number of benzene rings is 1. The number of anilines is 1. The van der Waals surface area contributed by atoms with E-state index < -0.39 is 0 Å². The third-order valence-electron chi connectivity index (χ3n) is 2.31. The van der Waals surface area contributed by atoms with Crippen LogP contribution in [0.2, 0.25) is 0 Å². The van der Waals surface area contributed by atoms with Crippen LogP contribution in [-0.2, 0) is 13.6 Å². The summed E-state index contributed by atoms with van der Waals surface area (Å²) in [6.45, 7) is 0.624. The Balaban J connectivity index is 2.04. The van der Waals surface area contributed by atoms with Gasteiger partial charge in [0.05, 0.1) is 5.69 Å². The molecule has 0 aliphatic carbocycles. The highest BCUT2D eigenvalue weighted by Crippen LogP contribution is 2.19. The summed E-state index contributed by atoms with van der Waals surface area (Å²) in [5.74, 6) is -0.245. The van der Waals surface area contributed by atoms with Gasteiger partial charge in [0.15, 0.2) is 0 Å². The van der Waals surface area contributed by atoms with Crippen molar-refractivity contribution in [2.24, 2.45) is 7.05 Å². The topological polar surface area (TPSA) is 17.0 Å². The molecular formula is C12H12BrFN2. The zero-order chi connectivity index (χ0) is 11.5. The first-order valence-electron chi connectivity index (χ1n) is 4.95. The van der Waals surface area contributed by atoms with Crippen molar-refractivity contribution >= 4 is 21.6 Å². The molecule has 0 saturated carbocycles. The quantitative estimate of drug-likeness (QED) is 0.911. The van der Waals surface area contributed by atoms with E-state index in [9.17, 15) is 4.39 Å². The molecule has 0 aliphatic heterocycles. The zero-order valence-electron chi connectivity index (χ0n) is 8.87. The average Bonchev–Trinajstić information content (AvgIpc) is 2.63. The number of halogens is 2. The van der Waals surface area contributed by atoms with Gasteiger partial charge in [0.1, 0.15) is 5.82 Å². The molecule has 4 heteroatoms. The van der Waals surface area contributed by atoms with Crippen LogP contribution < -0.4 is 5.32 Å². The lowest BCUT2D eigenvalue weighted by atomic mass is 10.3. The number of rotatable bonds is 3. The van der Waals surface area contributed by atoms with E-state index in [2.05, 4.69) is 21.2 Å². The Morgan fingerprint density at radius 3 is 2.81 bits per heavy atom. The first-order chi connectivity index (χ1) is 7.65.